The molecule has 0 rings (SSSR count). The predicted octanol–water partition coefficient (Wildman–Crippen LogP) is 0.312. The van der Waals surface area contributed by atoms with Crippen molar-refractivity contribution in [3.63, 3.8) is 0 Å². The number of carbonyl (C=O) groups excluding carboxylic acids is 1. The van der Waals surface area contributed by atoms with Crippen LogP contribution in [-0.4, -0.2) is 43.4 Å². The summed E-state index contributed by atoms with van der Waals surface area (Å²) in [5.41, 5.74) is 6.94. The van der Waals surface area contributed by atoms with E-state index in [9.17, 15) is 4.79 Å². The molecule has 2 N–H and O–H groups in total. The van der Waals surface area contributed by atoms with Crippen LogP contribution in [0.2, 0.25) is 0 Å². The van der Waals surface area contributed by atoms with Gasteiger partial charge < -0.3 is 19.3 Å². The molecule has 0 spiro atoms. The van der Waals surface area contributed by atoms with E-state index < -0.39 is 11.9 Å². The summed E-state index contributed by atoms with van der Waals surface area (Å²) in [4.78, 5) is 10.8. The molecule has 0 aliphatic rings. The van der Waals surface area contributed by atoms with E-state index in [1.807, 2.05) is 0 Å². The highest BCUT2D eigenvalue weighted by molar-refractivity contribution is 5.73. The lowest BCUT2D eigenvalue weighted by molar-refractivity contribution is -0.376. The molecule has 0 aliphatic heterocycles. The molecule has 0 aromatic carbocycles. The molecule has 0 saturated carbocycles. The van der Waals surface area contributed by atoms with Gasteiger partial charge in [-0.05, 0) is 20.3 Å². The van der Waals surface area contributed by atoms with Gasteiger partial charge in [-0.1, -0.05) is 0 Å². The maximum atomic E-state index is 10.8. The molecule has 0 aromatic rings. The van der Waals surface area contributed by atoms with Gasteiger partial charge in [0.05, 0.1) is 6.61 Å². The number of aliphatic hydroxyl groups is 1. The second-order valence-corrected chi connectivity index (χ2v) is 3.07. The maximum Gasteiger partial charge on any atom is 0.292 e. The van der Waals surface area contributed by atoms with E-state index in [2.05, 4.69) is 0 Å². The number of rotatable bonds is 10. The zero-order valence-corrected chi connectivity index (χ0v) is 9.82. The molecular weight excluding hydrogens is 214 g/mol. The Bertz CT molecular complexity index is 192. The molecule has 95 valence electrons. The third-order valence-corrected chi connectivity index (χ3v) is 1.73. The SMILES string of the molecule is CCOC(CC([NH])=O)(OCC)OCCCO. The average Bonchev–Trinajstić information content (AvgIpc) is 2.17. The summed E-state index contributed by atoms with van der Waals surface area (Å²) in [7, 11) is 0. The van der Waals surface area contributed by atoms with Crippen molar-refractivity contribution < 1.29 is 24.1 Å². The fourth-order valence-corrected chi connectivity index (χ4v) is 1.21. The van der Waals surface area contributed by atoms with E-state index in [4.69, 9.17) is 25.1 Å². The minimum Gasteiger partial charge on any atom is -0.396 e. The molecule has 6 heteroatoms. The Morgan fingerprint density at radius 3 is 2.19 bits per heavy atom. The third-order valence-electron chi connectivity index (χ3n) is 1.73. The van der Waals surface area contributed by atoms with Gasteiger partial charge in [-0.15, -0.1) is 0 Å². The second kappa shape index (κ2) is 8.46. The van der Waals surface area contributed by atoms with Crippen molar-refractivity contribution in [3.8, 4) is 0 Å². The van der Waals surface area contributed by atoms with Gasteiger partial charge in [-0.25, -0.2) is 0 Å². The van der Waals surface area contributed by atoms with Crippen molar-refractivity contribution >= 4 is 5.91 Å². The van der Waals surface area contributed by atoms with Crippen LogP contribution < -0.4 is 5.73 Å². The monoisotopic (exact) mass is 234 g/mol. The molecule has 0 heterocycles. The van der Waals surface area contributed by atoms with E-state index in [0.29, 0.717) is 19.6 Å². The summed E-state index contributed by atoms with van der Waals surface area (Å²) >= 11 is 0. The molecule has 16 heavy (non-hydrogen) atoms. The molecule has 0 saturated heterocycles. The van der Waals surface area contributed by atoms with Gasteiger partial charge in [-0.2, -0.15) is 0 Å². The minimum atomic E-state index is -1.47. The number of aliphatic hydroxyl groups excluding tert-OH is 1. The number of carbonyl (C=O) groups is 1. The number of nitrogens with one attached hydrogen (secondary N) is 1. The lowest BCUT2D eigenvalue weighted by Gasteiger charge is -2.31. The first kappa shape index (κ1) is 15.3. The second-order valence-electron chi connectivity index (χ2n) is 3.07. The van der Waals surface area contributed by atoms with Crippen molar-refractivity contribution in [1.29, 1.82) is 0 Å². The van der Waals surface area contributed by atoms with Crippen molar-refractivity contribution in [2.45, 2.75) is 32.7 Å². The molecule has 0 aliphatic carbocycles. The highest BCUT2D eigenvalue weighted by Crippen LogP contribution is 2.20. The topological polar surface area (TPSA) is 88.8 Å². The van der Waals surface area contributed by atoms with Crippen molar-refractivity contribution in [1.82, 2.24) is 5.73 Å². The van der Waals surface area contributed by atoms with Crippen LogP contribution >= 0.6 is 0 Å². The van der Waals surface area contributed by atoms with Crippen LogP contribution in [0.4, 0.5) is 0 Å². The van der Waals surface area contributed by atoms with E-state index in [0.717, 1.165) is 0 Å². The number of ether oxygens (including phenoxy) is 3. The quantitative estimate of drug-likeness (QED) is 0.434. The molecule has 0 unspecified atom stereocenters. The minimum absolute atomic E-state index is 0.0108. The molecule has 0 fully saturated rings. The average molecular weight is 234 g/mol. The zero-order chi connectivity index (χ0) is 12.4. The standard InChI is InChI=1S/C10H20NO5/c1-3-14-10(15-4-2,8-9(11)13)16-7-5-6-12/h11-12H,3-8H2,1-2H3. The van der Waals surface area contributed by atoms with Crippen molar-refractivity contribution in [2.24, 2.45) is 0 Å². The number of hydrogen-bond donors (Lipinski definition) is 1. The lowest BCUT2D eigenvalue weighted by Crippen LogP contribution is -2.42. The largest absolute Gasteiger partial charge is 0.396 e. The summed E-state index contributed by atoms with van der Waals surface area (Å²) in [6.45, 7) is 4.32. The summed E-state index contributed by atoms with van der Waals surface area (Å²) in [5, 5.41) is 8.64. The normalized spacial score (nSPS) is 11.7. The van der Waals surface area contributed by atoms with Gasteiger partial charge in [0.1, 0.15) is 6.42 Å². The van der Waals surface area contributed by atoms with E-state index >= 15 is 0 Å². The fraction of sp³-hybridized carbons (Fsp3) is 0.900. The fourth-order valence-electron chi connectivity index (χ4n) is 1.21. The highest BCUT2D eigenvalue weighted by Gasteiger charge is 2.35. The third kappa shape index (κ3) is 6.02. The summed E-state index contributed by atoms with van der Waals surface area (Å²) in [6, 6.07) is 0. The van der Waals surface area contributed by atoms with Crippen LogP contribution in [0.15, 0.2) is 0 Å². The first-order valence-electron chi connectivity index (χ1n) is 5.37. The lowest BCUT2D eigenvalue weighted by atomic mass is 10.3. The van der Waals surface area contributed by atoms with E-state index in [1.54, 1.807) is 13.8 Å². The molecule has 0 aromatic heterocycles. The molecule has 6 nitrogen and oxygen atoms in total. The van der Waals surface area contributed by atoms with Crippen LogP contribution in [0.5, 0.6) is 0 Å². The van der Waals surface area contributed by atoms with Gasteiger partial charge in [0, 0.05) is 19.8 Å². The Hall–Kier alpha value is -0.690. The van der Waals surface area contributed by atoms with Crippen molar-refractivity contribution in [2.75, 3.05) is 26.4 Å². The van der Waals surface area contributed by atoms with Gasteiger partial charge in [0.15, 0.2) is 0 Å². The Labute approximate surface area is 95.7 Å². The molecule has 1 amide bonds. The maximum absolute atomic E-state index is 10.8. The molecule has 0 atom stereocenters. The Balaban J connectivity index is 4.43. The van der Waals surface area contributed by atoms with E-state index in [-0.39, 0.29) is 19.6 Å². The Morgan fingerprint density at radius 2 is 1.81 bits per heavy atom. The summed E-state index contributed by atoms with van der Waals surface area (Å²) in [6.07, 6.45) is 0.147. The van der Waals surface area contributed by atoms with Crippen molar-refractivity contribution in [3.05, 3.63) is 0 Å². The first-order chi connectivity index (χ1) is 7.60. The molecule has 1 radical (unpaired) electrons. The smallest absolute Gasteiger partial charge is 0.292 e. The summed E-state index contributed by atoms with van der Waals surface area (Å²) < 4.78 is 15.8. The number of amides is 1. The van der Waals surface area contributed by atoms with E-state index in [1.165, 1.54) is 0 Å². The highest BCUT2D eigenvalue weighted by atomic mass is 16.9. The Kier molecular flexibility index (Phi) is 8.10. The van der Waals surface area contributed by atoms with Gasteiger partial charge in [0.2, 0.25) is 5.91 Å². The van der Waals surface area contributed by atoms with Crippen LogP contribution in [0.3, 0.4) is 0 Å². The zero-order valence-electron chi connectivity index (χ0n) is 9.82. The number of hydrogen-bond acceptors (Lipinski definition) is 5. The van der Waals surface area contributed by atoms with Crippen LogP contribution in [0, 0.1) is 0 Å². The molecular formula is C10H20NO5. The Morgan fingerprint density at radius 1 is 1.25 bits per heavy atom. The molecule has 0 bridgehead atoms. The van der Waals surface area contributed by atoms with Gasteiger partial charge in [0.25, 0.3) is 5.97 Å². The first-order valence-corrected chi connectivity index (χ1v) is 5.37. The van der Waals surface area contributed by atoms with Gasteiger partial charge >= 0.3 is 0 Å². The van der Waals surface area contributed by atoms with Gasteiger partial charge in [-0.3, -0.25) is 10.5 Å². The summed E-state index contributed by atoms with van der Waals surface area (Å²) in [5.74, 6) is -2.29. The van der Waals surface area contributed by atoms with Crippen LogP contribution in [-0.2, 0) is 19.0 Å². The predicted molar refractivity (Wildman–Crippen MR) is 56.4 cm³/mol. The van der Waals surface area contributed by atoms with Crippen LogP contribution in [0.25, 0.3) is 0 Å². The van der Waals surface area contributed by atoms with Crippen LogP contribution in [0.1, 0.15) is 26.7 Å².